The third-order valence-corrected chi connectivity index (χ3v) is 8.70. The summed E-state index contributed by atoms with van der Waals surface area (Å²) in [6, 6.07) is 8.98. The van der Waals surface area contributed by atoms with Crippen molar-refractivity contribution in [1.29, 1.82) is 0 Å². The highest BCUT2D eigenvalue weighted by Crippen LogP contribution is 2.42. The van der Waals surface area contributed by atoms with Crippen molar-refractivity contribution < 1.29 is 17.9 Å². The molecule has 2 aliphatic carbocycles. The van der Waals surface area contributed by atoms with Crippen molar-refractivity contribution in [3.8, 4) is 5.75 Å². The minimum Gasteiger partial charge on any atom is -0.490 e. The molecule has 0 aliphatic heterocycles. The van der Waals surface area contributed by atoms with Gasteiger partial charge in [0.15, 0.2) is 23.2 Å². The van der Waals surface area contributed by atoms with Crippen LogP contribution < -0.4 is 4.74 Å². The van der Waals surface area contributed by atoms with Gasteiger partial charge in [0, 0.05) is 0 Å². The zero-order valence-corrected chi connectivity index (χ0v) is 22.1. The fourth-order valence-corrected chi connectivity index (χ4v) is 6.43. The molecular weight excluding hydrogens is 457 g/mol. The Hall–Kier alpha value is -1.97. The van der Waals surface area contributed by atoms with E-state index in [0.29, 0.717) is 29.4 Å². The van der Waals surface area contributed by atoms with Crippen LogP contribution in [0.15, 0.2) is 30.3 Å². The lowest BCUT2D eigenvalue weighted by Gasteiger charge is -2.31. The second-order valence-corrected chi connectivity index (χ2v) is 11.3. The minimum absolute atomic E-state index is 0.0414. The van der Waals surface area contributed by atoms with Crippen LogP contribution in [0.2, 0.25) is 0 Å². The van der Waals surface area contributed by atoms with Crippen LogP contribution in [0, 0.1) is 29.3 Å². The average Bonchev–Trinajstić information content (AvgIpc) is 2.90. The number of hydrogen-bond acceptors (Lipinski definition) is 1. The van der Waals surface area contributed by atoms with E-state index < -0.39 is 11.6 Å². The Morgan fingerprint density at radius 2 is 1.31 bits per heavy atom. The molecule has 2 aromatic rings. The van der Waals surface area contributed by atoms with Crippen LogP contribution in [0.3, 0.4) is 0 Å². The van der Waals surface area contributed by atoms with E-state index in [4.69, 9.17) is 4.74 Å². The van der Waals surface area contributed by atoms with Gasteiger partial charge in [0.2, 0.25) is 0 Å². The van der Waals surface area contributed by atoms with Gasteiger partial charge in [-0.1, -0.05) is 51.3 Å². The first-order valence-corrected chi connectivity index (χ1v) is 14.4. The maximum Gasteiger partial charge on any atom is 0.165 e. The molecule has 4 rings (SSSR count). The summed E-state index contributed by atoms with van der Waals surface area (Å²) < 4.78 is 50.5. The van der Waals surface area contributed by atoms with Gasteiger partial charge in [-0.3, -0.25) is 0 Å². The number of aryl methyl sites for hydroxylation is 1. The van der Waals surface area contributed by atoms with Crippen LogP contribution in [0.5, 0.6) is 5.75 Å². The Bertz CT molecular complexity index is 972. The molecule has 2 fully saturated rings. The zero-order valence-electron chi connectivity index (χ0n) is 22.1. The van der Waals surface area contributed by atoms with Gasteiger partial charge in [0.05, 0.1) is 6.61 Å². The summed E-state index contributed by atoms with van der Waals surface area (Å²) in [6.45, 7) is 4.81. The van der Waals surface area contributed by atoms with E-state index in [0.717, 1.165) is 82.1 Å². The molecule has 0 saturated heterocycles. The third-order valence-electron chi connectivity index (χ3n) is 8.70. The van der Waals surface area contributed by atoms with Gasteiger partial charge >= 0.3 is 0 Å². The van der Waals surface area contributed by atoms with E-state index in [-0.39, 0.29) is 17.7 Å². The molecule has 2 aliphatic rings. The normalized spacial score (nSPS) is 24.6. The molecule has 4 heteroatoms. The summed E-state index contributed by atoms with van der Waals surface area (Å²) in [4.78, 5) is 0. The van der Waals surface area contributed by atoms with Crippen LogP contribution >= 0.6 is 0 Å². The third kappa shape index (κ3) is 6.66. The van der Waals surface area contributed by atoms with Crippen LogP contribution in [0.1, 0.15) is 119 Å². The fourth-order valence-electron chi connectivity index (χ4n) is 6.43. The predicted molar refractivity (Wildman–Crippen MR) is 141 cm³/mol. The topological polar surface area (TPSA) is 9.23 Å². The Balaban J connectivity index is 1.29. The van der Waals surface area contributed by atoms with Crippen molar-refractivity contribution in [2.24, 2.45) is 11.8 Å². The summed E-state index contributed by atoms with van der Waals surface area (Å²) in [5.41, 5.74) is 2.12. The molecule has 1 nitrogen and oxygen atoms in total. The zero-order chi connectivity index (χ0) is 25.5. The van der Waals surface area contributed by atoms with Crippen molar-refractivity contribution in [1.82, 2.24) is 0 Å². The molecule has 36 heavy (non-hydrogen) atoms. The first-order valence-electron chi connectivity index (χ1n) is 14.4. The van der Waals surface area contributed by atoms with Crippen molar-refractivity contribution in [2.75, 3.05) is 6.61 Å². The van der Waals surface area contributed by atoms with Gasteiger partial charge in [0.25, 0.3) is 0 Å². The maximum absolute atomic E-state index is 15.2. The molecule has 0 heterocycles. The second-order valence-electron chi connectivity index (χ2n) is 11.3. The summed E-state index contributed by atoms with van der Waals surface area (Å²) in [5.74, 6) is 0.0157. The van der Waals surface area contributed by atoms with Crippen molar-refractivity contribution in [3.63, 3.8) is 0 Å². The van der Waals surface area contributed by atoms with Gasteiger partial charge in [-0.25, -0.2) is 13.2 Å². The standard InChI is InChI=1S/C32H43F3O/c1-3-5-7-23-12-19-30(29(33)20-23)36-21-24-10-15-26(16-11-24)28-18-17-27(31(34)32(28)35)25-13-8-22(6-4-2)9-14-25/h12,17-20,22,24-26H,3-11,13-16,21H2,1-2H3. The number of unbranched alkanes of at least 4 members (excludes halogenated alkanes) is 1. The Morgan fingerprint density at radius 3 is 1.83 bits per heavy atom. The quantitative estimate of drug-likeness (QED) is 0.315. The fraction of sp³-hybridized carbons (Fsp3) is 0.625. The smallest absolute Gasteiger partial charge is 0.165 e. The second kappa shape index (κ2) is 13.0. The van der Waals surface area contributed by atoms with Crippen LogP contribution in [-0.4, -0.2) is 6.61 Å². The van der Waals surface area contributed by atoms with Gasteiger partial charge in [0.1, 0.15) is 0 Å². The van der Waals surface area contributed by atoms with E-state index in [1.807, 2.05) is 18.2 Å². The largest absolute Gasteiger partial charge is 0.490 e. The Morgan fingerprint density at radius 1 is 0.722 bits per heavy atom. The van der Waals surface area contributed by atoms with Gasteiger partial charge in [-0.2, -0.15) is 0 Å². The van der Waals surface area contributed by atoms with Crippen molar-refractivity contribution >= 4 is 0 Å². The number of halogens is 3. The lowest BCUT2D eigenvalue weighted by molar-refractivity contribution is 0.193. The Kier molecular flexibility index (Phi) is 9.79. The molecular formula is C32H43F3O. The van der Waals surface area contributed by atoms with E-state index in [9.17, 15) is 4.39 Å². The molecule has 2 saturated carbocycles. The molecule has 0 bridgehead atoms. The lowest BCUT2D eigenvalue weighted by Crippen LogP contribution is -2.21. The molecule has 0 aromatic heterocycles. The van der Waals surface area contributed by atoms with Crippen LogP contribution in [-0.2, 0) is 6.42 Å². The Labute approximate surface area is 215 Å². The molecule has 198 valence electrons. The van der Waals surface area contributed by atoms with Crippen molar-refractivity contribution in [2.45, 2.75) is 109 Å². The first kappa shape index (κ1) is 27.1. The van der Waals surface area contributed by atoms with E-state index >= 15 is 8.78 Å². The lowest BCUT2D eigenvalue weighted by atomic mass is 9.75. The van der Waals surface area contributed by atoms with E-state index in [1.54, 1.807) is 12.1 Å². The molecule has 0 radical (unpaired) electrons. The highest BCUT2D eigenvalue weighted by atomic mass is 19.2. The highest BCUT2D eigenvalue weighted by molar-refractivity contribution is 5.32. The number of ether oxygens (including phenoxy) is 1. The monoisotopic (exact) mass is 500 g/mol. The summed E-state index contributed by atoms with van der Waals surface area (Å²) in [7, 11) is 0. The van der Waals surface area contributed by atoms with Crippen LogP contribution in [0.25, 0.3) is 0 Å². The average molecular weight is 501 g/mol. The first-order chi connectivity index (χ1) is 17.5. The summed E-state index contributed by atoms with van der Waals surface area (Å²) >= 11 is 0. The van der Waals surface area contributed by atoms with Crippen LogP contribution in [0.4, 0.5) is 13.2 Å². The summed E-state index contributed by atoms with van der Waals surface area (Å²) in [5, 5.41) is 0. The minimum atomic E-state index is -0.631. The van der Waals surface area contributed by atoms with Gasteiger partial charge in [-0.05, 0) is 117 Å². The molecule has 0 unspecified atom stereocenters. The highest BCUT2D eigenvalue weighted by Gasteiger charge is 2.29. The maximum atomic E-state index is 15.2. The predicted octanol–water partition coefficient (Wildman–Crippen LogP) is 9.87. The summed E-state index contributed by atoms with van der Waals surface area (Å²) in [6.07, 6.45) is 13.0. The molecule has 2 aromatic carbocycles. The van der Waals surface area contributed by atoms with E-state index in [1.165, 1.54) is 12.8 Å². The van der Waals surface area contributed by atoms with Crippen molar-refractivity contribution in [3.05, 3.63) is 64.5 Å². The van der Waals surface area contributed by atoms with E-state index in [2.05, 4.69) is 13.8 Å². The SMILES string of the molecule is CCCCc1ccc(OCC2CCC(c3ccc(C4CCC(CCC)CC4)c(F)c3F)CC2)c(F)c1. The molecule has 0 atom stereocenters. The molecule has 0 spiro atoms. The molecule has 0 N–H and O–H groups in total. The number of rotatable bonds is 10. The van der Waals surface area contributed by atoms with Gasteiger partial charge < -0.3 is 4.74 Å². The van der Waals surface area contributed by atoms with Gasteiger partial charge in [-0.15, -0.1) is 0 Å². The number of benzene rings is 2. The molecule has 0 amide bonds. The number of hydrogen-bond donors (Lipinski definition) is 0.